The van der Waals surface area contributed by atoms with Crippen molar-refractivity contribution in [1.82, 2.24) is 0 Å². The third-order valence-electron chi connectivity index (χ3n) is 1.13. The van der Waals surface area contributed by atoms with Gasteiger partial charge in [0.1, 0.15) is 5.76 Å². The summed E-state index contributed by atoms with van der Waals surface area (Å²) in [7, 11) is 0. The molecule has 0 aromatic carbocycles. The summed E-state index contributed by atoms with van der Waals surface area (Å²) in [6.07, 6.45) is 0. The first-order valence-corrected chi connectivity index (χ1v) is 4.02. The van der Waals surface area contributed by atoms with E-state index in [4.69, 9.17) is 4.42 Å². The van der Waals surface area contributed by atoms with E-state index < -0.39 is 0 Å². The summed E-state index contributed by atoms with van der Waals surface area (Å²) in [5.74, 6) is 1.60. The number of thiol groups is 1. The van der Waals surface area contributed by atoms with Crippen LogP contribution >= 0.6 is 28.6 Å². The second kappa shape index (κ2) is 2.80. The van der Waals surface area contributed by atoms with Crippen LogP contribution in [0.3, 0.4) is 0 Å². The standard InChI is InChI=1S/C6H7BrOS/c1-4-2-6(7)8-5(4)3-9/h2,9H,3H2,1H3. The maximum Gasteiger partial charge on any atom is 0.169 e. The molecule has 1 rings (SSSR count). The zero-order valence-electron chi connectivity index (χ0n) is 5.02. The van der Waals surface area contributed by atoms with E-state index in [0.717, 1.165) is 16.0 Å². The van der Waals surface area contributed by atoms with Gasteiger partial charge in [-0.05, 0) is 34.5 Å². The fraction of sp³-hybridized carbons (Fsp3) is 0.333. The maximum atomic E-state index is 5.20. The SMILES string of the molecule is Cc1cc(Br)oc1CS. The zero-order valence-corrected chi connectivity index (χ0v) is 7.50. The molecule has 0 radical (unpaired) electrons. The number of rotatable bonds is 1. The molecule has 0 aliphatic heterocycles. The molecule has 3 heteroatoms. The van der Waals surface area contributed by atoms with Crippen molar-refractivity contribution in [1.29, 1.82) is 0 Å². The fourth-order valence-corrected chi connectivity index (χ4v) is 1.49. The summed E-state index contributed by atoms with van der Waals surface area (Å²) >= 11 is 7.30. The van der Waals surface area contributed by atoms with Gasteiger partial charge in [0.2, 0.25) is 0 Å². The first-order chi connectivity index (χ1) is 4.24. The zero-order chi connectivity index (χ0) is 6.85. The molecule has 0 N–H and O–H groups in total. The molecule has 1 heterocycles. The second-order valence-electron chi connectivity index (χ2n) is 1.81. The van der Waals surface area contributed by atoms with Gasteiger partial charge in [-0.25, -0.2) is 0 Å². The van der Waals surface area contributed by atoms with Gasteiger partial charge in [-0.3, -0.25) is 0 Å². The lowest BCUT2D eigenvalue weighted by Crippen LogP contribution is -1.72. The fourth-order valence-electron chi connectivity index (χ4n) is 0.635. The largest absolute Gasteiger partial charge is 0.453 e. The minimum atomic E-state index is 0.664. The third kappa shape index (κ3) is 1.52. The summed E-state index contributed by atoms with van der Waals surface area (Å²) in [4.78, 5) is 0. The smallest absolute Gasteiger partial charge is 0.169 e. The molecular formula is C6H7BrOS. The minimum absolute atomic E-state index is 0.664. The van der Waals surface area contributed by atoms with E-state index >= 15 is 0 Å². The number of hydrogen-bond acceptors (Lipinski definition) is 2. The van der Waals surface area contributed by atoms with Crippen molar-refractivity contribution in [2.24, 2.45) is 0 Å². The molecule has 0 spiro atoms. The Hall–Kier alpha value is 0.110. The highest BCUT2D eigenvalue weighted by molar-refractivity contribution is 9.10. The Kier molecular flexibility index (Phi) is 2.24. The molecule has 0 saturated carbocycles. The predicted octanol–water partition coefficient (Wildman–Crippen LogP) is 2.78. The average Bonchev–Trinajstić information content (AvgIpc) is 2.10. The first kappa shape index (κ1) is 7.22. The second-order valence-corrected chi connectivity index (χ2v) is 2.91. The van der Waals surface area contributed by atoms with Crippen LogP contribution in [-0.2, 0) is 5.75 Å². The van der Waals surface area contributed by atoms with Gasteiger partial charge in [-0.1, -0.05) is 0 Å². The average molecular weight is 207 g/mol. The van der Waals surface area contributed by atoms with Crippen LogP contribution in [0.2, 0.25) is 0 Å². The van der Waals surface area contributed by atoms with Crippen LogP contribution in [-0.4, -0.2) is 0 Å². The van der Waals surface area contributed by atoms with Gasteiger partial charge in [0.05, 0.1) is 0 Å². The van der Waals surface area contributed by atoms with Crippen LogP contribution < -0.4 is 0 Å². The van der Waals surface area contributed by atoms with E-state index in [0.29, 0.717) is 5.75 Å². The van der Waals surface area contributed by atoms with Crippen LogP contribution in [0, 0.1) is 6.92 Å². The Morgan fingerprint density at radius 3 is 2.67 bits per heavy atom. The lowest BCUT2D eigenvalue weighted by Gasteiger charge is -1.86. The lowest BCUT2D eigenvalue weighted by atomic mass is 10.3. The van der Waals surface area contributed by atoms with E-state index in [9.17, 15) is 0 Å². The van der Waals surface area contributed by atoms with Gasteiger partial charge >= 0.3 is 0 Å². The predicted molar refractivity (Wildman–Crippen MR) is 43.8 cm³/mol. The minimum Gasteiger partial charge on any atom is -0.453 e. The highest BCUT2D eigenvalue weighted by atomic mass is 79.9. The van der Waals surface area contributed by atoms with Crippen LogP contribution in [0.5, 0.6) is 0 Å². The van der Waals surface area contributed by atoms with Crippen LogP contribution in [0.15, 0.2) is 15.2 Å². The van der Waals surface area contributed by atoms with E-state index in [1.165, 1.54) is 0 Å². The van der Waals surface area contributed by atoms with Crippen molar-refractivity contribution in [3.63, 3.8) is 0 Å². The molecule has 0 aliphatic carbocycles. The highest BCUT2D eigenvalue weighted by Crippen LogP contribution is 2.20. The van der Waals surface area contributed by atoms with Crippen LogP contribution in [0.4, 0.5) is 0 Å². The van der Waals surface area contributed by atoms with E-state index in [2.05, 4.69) is 28.6 Å². The van der Waals surface area contributed by atoms with Crippen molar-refractivity contribution in [2.45, 2.75) is 12.7 Å². The van der Waals surface area contributed by atoms with Gasteiger partial charge in [0.15, 0.2) is 4.67 Å². The van der Waals surface area contributed by atoms with Crippen LogP contribution in [0.25, 0.3) is 0 Å². The Morgan fingerprint density at radius 2 is 2.44 bits per heavy atom. The molecule has 0 amide bonds. The Balaban J connectivity index is 3.01. The van der Waals surface area contributed by atoms with Gasteiger partial charge in [0, 0.05) is 5.75 Å². The van der Waals surface area contributed by atoms with E-state index in [-0.39, 0.29) is 0 Å². The lowest BCUT2D eigenvalue weighted by molar-refractivity contribution is 0.505. The summed E-state index contributed by atoms with van der Waals surface area (Å²) in [6, 6.07) is 1.94. The van der Waals surface area contributed by atoms with Crippen molar-refractivity contribution >= 4 is 28.6 Å². The molecule has 0 fully saturated rings. The molecule has 50 valence electrons. The molecule has 9 heavy (non-hydrogen) atoms. The number of aryl methyl sites for hydroxylation is 1. The van der Waals surface area contributed by atoms with Gasteiger partial charge in [0.25, 0.3) is 0 Å². The normalized spacial score (nSPS) is 10.1. The summed E-state index contributed by atoms with van der Waals surface area (Å²) in [6.45, 7) is 2.00. The monoisotopic (exact) mass is 206 g/mol. The van der Waals surface area contributed by atoms with Gasteiger partial charge < -0.3 is 4.42 Å². The molecule has 0 aliphatic rings. The summed E-state index contributed by atoms with van der Waals surface area (Å²) < 4.78 is 5.99. The number of halogens is 1. The van der Waals surface area contributed by atoms with Crippen LogP contribution in [0.1, 0.15) is 11.3 Å². The first-order valence-electron chi connectivity index (χ1n) is 2.59. The number of furan rings is 1. The van der Waals surface area contributed by atoms with Crippen molar-refractivity contribution in [3.05, 3.63) is 22.1 Å². The molecule has 0 saturated heterocycles. The molecule has 0 unspecified atom stereocenters. The Labute approximate surface area is 68.0 Å². The number of hydrogen-bond donors (Lipinski definition) is 1. The van der Waals surface area contributed by atoms with E-state index in [1.807, 2.05) is 13.0 Å². The molecule has 0 bridgehead atoms. The third-order valence-corrected chi connectivity index (χ3v) is 1.81. The summed E-state index contributed by atoms with van der Waals surface area (Å²) in [5.41, 5.74) is 1.15. The highest BCUT2D eigenvalue weighted by Gasteiger charge is 2.01. The Morgan fingerprint density at radius 1 is 1.78 bits per heavy atom. The molecule has 1 aromatic rings. The van der Waals surface area contributed by atoms with Crippen molar-refractivity contribution in [2.75, 3.05) is 0 Å². The molecule has 1 nitrogen and oxygen atoms in total. The molecule has 0 atom stereocenters. The van der Waals surface area contributed by atoms with Gasteiger partial charge in [-0.2, -0.15) is 12.6 Å². The quantitative estimate of drug-likeness (QED) is 0.698. The topological polar surface area (TPSA) is 13.1 Å². The molecular weight excluding hydrogens is 200 g/mol. The maximum absolute atomic E-state index is 5.20. The van der Waals surface area contributed by atoms with Crippen molar-refractivity contribution in [3.8, 4) is 0 Å². The van der Waals surface area contributed by atoms with E-state index in [1.54, 1.807) is 0 Å². The van der Waals surface area contributed by atoms with Gasteiger partial charge in [-0.15, -0.1) is 0 Å². The summed E-state index contributed by atoms with van der Waals surface area (Å²) in [5, 5.41) is 0. The Bertz CT molecular complexity index is 207. The molecule has 1 aromatic heterocycles. The van der Waals surface area contributed by atoms with Crippen molar-refractivity contribution < 1.29 is 4.42 Å².